The van der Waals surface area contributed by atoms with Crippen molar-refractivity contribution >= 4 is 27.8 Å². The first-order valence-electron chi connectivity index (χ1n) is 12.3. The number of aryl methyl sites for hydroxylation is 3. The Morgan fingerprint density at radius 1 is 0.921 bits per heavy atom. The van der Waals surface area contributed by atoms with E-state index in [9.17, 15) is 13.2 Å². The van der Waals surface area contributed by atoms with Crippen molar-refractivity contribution in [2.45, 2.75) is 34.2 Å². The Labute approximate surface area is 224 Å². The van der Waals surface area contributed by atoms with E-state index < -0.39 is 10.0 Å². The van der Waals surface area contributed by atoms with Crippen molar-refractivity contribution in [1.82, 2.24) is 9.99 Å². The van der Waals surface area contributed by atoms with Gasteiger partial charge >= 0.3 is 0 Å². The minimum absolute atomic E-state index is 0.166. The van der Waals surface area contributed by atoms with E-state index in [0.29, 0.717) is 11.3 Å². The van der Waals surface area contributed by atoms with Crippen LogP contribution in [0.15, 0.2) is 84.0 Å². The van der Waals surface area contributed by atoms with Gasteiger partial charge in [-0.05, 0) is 86.8 Å². The molecular formula is C30H32N4O3S. The lowest BCUT2D eigenvalue weighted by Crippen LogP contribution is -2.29. The first kappa shape index (κ1) is 26.9. The van der Waals surface area contributed by atoms with Gasteiger partial charge in [-0.15, -0.1) is 0 Å². The summed E-state index contributed by atoms with van der Waals surface area (Å²) in [6.45, 7) is 8.41. The van der Waals surface area contributed by atoms with Gasteiger partial charge in [-0.2, -0.15) is 5.10 Å². The van der Waals surface area contributed by atoms with Crippen molar-refractivity contribution in [2.75, 3.05) is 10.6 Å². The highest BCUT2D eigenvalue weighted by Gasteiger charge is 2.18. The average molecular weight is 529 g/mol. The SMILES string of the molecule is Cc1cc(C)cc(-n2c(C)cc(/C=N\NC(=O)c3ccc(CN(c4ccccc4)S(C)(=O)=O)cc3)c2C)c1. The van der Waals surface area contributed by atoms with Crippen LogP contribution >= 0.6 is 0 Å². The molecule has 196 valence electrons. The maximum absolute atomic E-state index is 12.7. The summed E-state index contributed by atoms with van der Waals surface area (Å²) in [6, 6.07) is 24.2. The van der Waals surface area contributed by atoms with Gasteiger partial charge in [-0.1, -0.05) is 36.4 Å². The normalized spacial score (nSPS) is 11.6. The predicted octanol–water partition coefficient (Wildman–Crippen LogP) is 5.44. The lowest BCUT2D eigenvalue weighted by Gasteiger charge is -2.22. The zero-order valence-electron chi connectivity index (χ0n) is 22.3. The molecule has 0 saturated heterocycles. The highest BCUT2D eigenvalue weighted by molar-refractivity contribution is 7.92. The third kappa shape index (κ3) is 6.20. The molecule has 4 rings (SSSR count). The summed E-state index contributed by atoms with van der Waals surface area (Å²) in [6.07, 6.45) is 2.83. The van der Waals surface area contributed by atoms with Crippen molar-refractivity contribution in [3.63, 3.8) is 0 Å². The third-order valence-electron chi connectivity index (χ3n) is 6.29. The molecule has 0 saturated carbocycles. The van der Waals surface area contributed by atoms with Crippen LogP contribution in [0.5, 0.6) is 0 Å². The molecule has 1 heterocycles. The molecule has 0 bridgehead atoms. The molecule has 1 aromatic heterocycles. The standard InChI is InChI=1S/C30H32N4O3S/c1-21-15-22(2)17-29(16-21)34-23(3)18-27(24(34)4)19-31-32-30(35)26-13-11-25(12-14-26)20-33(38(5,36)37)28-9-7-6-8-10-28/h6-19H,20H2,1-5H3,(H,32,35)/b31-19-. The number of amides is 1. The molecule has 38 heavy (non-hydrogen) atoms. The maximum Gasteiger partial charge on any atom is 0.271 e. The van der Waals surface area contributed by atoms with Crippen LogP contribution in [0.1, 0.15) is 44.0 Å². The molecular weight excluding hydrogens is 496 g/mol. The molecule has 0 atom stereocenters. The Hall–Kier alpha value is -4.17. The van der Waals surface area contributed by atoms with Gasteiger partial charge in [0.25, 0.3) is 5.91 Å². The summed E-state index contributed by atoms with van der Waals surface area (Å²) < 4.78 is 28.2. The molecule has 1 N–H and O–H groups in total. The Morgan fingerprint density at radius 3 is 2.16 bits per heavy atom. The second-order valence-electron chi connectivity index (χ2n) is 9.51. The number of anilines is 1. The Balaban J connectivity index is 1.44. The van der Waals surface area contributed by atoms with E-state index in [2.05, 4.69) is 47.1 Å². The van der Waals surface area contributed by atoms with Crippen molar-refractivity contribution in [3.05, 3.63) is 118 Å². The first-order chi connectivity index (χ1) is 18.0. The molecule has 0 fully saturated rings. The topological polar surface area (TPSA) is 83.8 Å². The van der Waals surface area contributed by atoms with Crippen molar-refractivity contribution < 1.29 is 13.2 Å². The molecule has 8 heteroatoms. The van der Waals surface area contributed by atoms with Crippen molar-refractivity contribution in [1.29, 1.82) is 0 Å². The Kier molecular flexibility index (Phi) is 7.83. The quantitative estimate of drug-likeness (QED) is 0.244. The molecule has 0 radical (unpaired) electrons. The number of sulfonamides is 1. The van der Waals surface area contributed by atoms with Gasteiger partial charge in [0.15, 0.2) is 0 Å². The van der Waals surface area contributed by atoms with Crippen LogP contribution in [0.3, 0.4) is 0 Å². The van der Waals surface area contributed by atoms with Crippen LogP contribution in [0, 0.1) is 27.7 Å². The van der Waals surface area contributed by atoms with Gasteiger partial charge in [0, 0.05) is 28.2 Å². The summed E-state index contributed by atoms with van der Waals surface area (Å²) in [5.41, 5.74) is 10.9. The van der Waals surface area contributed by atoms with Gasteiger partial charge < -0.3 is 4.57 Å². The maximum atomic E-state index is 12.7. The number of hydrazone groups is 1. The second kappa shape index (κ2) is 11.1. The van der Waals surface area contributed by atoms with Crippen molar-refractivity contribution in [2.24, 2.45) is 5.10 Å². The van der Waals surface area contributed by atoms with Gasteiger partial charge in [0.2, 0.25) is 10.0 Å². The first-order valence-corrected chi connectivity index (χ1v) is 14.1. The summed E-state index contributed by atoms with van der Waals surface area (Å²) in [7, 11) is -3.47. The van der Waals surface area contributed by atoms with Crippen LogP contribution in [-0.2, 0) is 16.6 Å². The van der Waals surface area contributed by atoms with Crippen LogP contribution in [0.4, 0.5) is 5.69 Å². The van der Waals surface area contributed by atoms with E-state index in [-0.39, 0.29) is 12.5 Å². The number of benzene rings is 3. The highest BCUT2D eigenvalue weighted by atomic mass is 32.2. The lowest BCUT2D eigenvalue weighted by molar-refractivity contribution is 0.0955. The molecule has 0 spiro atoms. The Bertz CT molecular complexity index is 1570. The van der Waals surface area contributed by atoms with Gasteiger partial charge in [-0.25, -0.2) is 13.8 Å². The number of hydrogen-bond donors (Lipinski definition) is 1. The Morgan fingerprint density at radius 2 is 1.55 bits per heavy atom. The van der Waals surface area contributed by atoms with Crippen molar-refractivity contribution in [3.8, 4) is 5.69 Å². The minimum atomic E-state index is -3.47. The van der Waals surface area contributed by atoms with Crippen LogP contribution in [0.2, 0.25) is 0 Å². The average Bonchev–Trinajstić information content (AvgIpc) is 3.14. The van der Waals surface area contributed by atoms with E-state index in [4.69, 9.17) is 0 Å². The predicted molar refractivity (Wildman–Crippen MR) is 154 cm³/mol. The summed E-state index contributed by atoms with van der Waals surface area (Å²) in [5.74, 6) is -0.348. The fraction of sp³-hybridized carbons (Fsp3) is 0.200. The number of nitrogens with zero attached hydrogens (tertiary/aromatic N) is 3. The van der Waals surface area contributed by atoms with Crippen LogP contribution < -0.4 is 9.73 Å². The molecule has 7 nitrogen and oxygen atoms in total. The minimum Gasteiger partial charge on any atom is -0.318 e. The zero-order chi connectivity index (χ0) is 27.4. The second-order valence-corrected chi connectivity index (χ2v) is 11.4. The fourth-order valence-corrected chi connectivity index (χ4v) is 5.43. The lowest BCUT2D eigenvalue weighted by atomic mass is 10.1. The number of carbonyl (C=O) groups is 1. The zero-order valence-corrected chi connectivity index (χ0v) is 23.1. The van der Waals surface area contributed by atoms with E-state index in [1.807, 2.05) is 26.0 Å². The monoisotopic (exact) mass is 528 g/mol. The van der Waals surface area contributed by atoms with E-state index in [1.54, 1.807) is 54.7 Å². The molecule has 0 aliphatic carbocycles. The van der Waals surface area contributed by atoms with Gasteiger partial charge in [0.1, 0.15) is 0 Å². The fourth-order valence-electron chi connectivity index (χ4n) is 4.54. The number of aromatic nitrogens is 1. The molecule has 4 aromatic rings. The molecule has 3 aromatic carbocycles. The van der Waals surface area contributed by atoms with E-state index in [1.165, 1.54) is 21.7 Å². The smallest absolute Gasteiger partial charge is 0.271 e. The molecule has 0 aliphatic rings. The number of rotatable bonds is 8. The van der Waals surface area contributed by atoms with Crippen LogP contribution in [-0.4, -0.2) is 31.4 Å². The number of para-hydroxylation sites is 1. The molecule has 0 unspecified atom stereocenters. The molecule has 1 amide bonds. The van der Waals surface area contributed by atoms with Gasteiger partial charge in [-0.3, -0.25) is 9.10 Å². The highest BCUT2D eigenvalue weighted by Crippen LogP contribution is 2.22. The summed E-state index contributed by atoms with van der Waals surface area (Å²) >= 11 is 0. The third-order valence-corrected chi connectivity index (χ3v) is 7.43. The number of nitrogens with one attached hydrogen (secondary N) is 1. The summed E-state index contributed by atoms with van der Waals surface area (Å²) in [5, 5.41) is 4.18. The molecule has 0 aliphatic heterocycles. The van der Waals surface area contributed by atoms with Crippen LogP contribution in [0.25, 0.3) is 5.69 Å². The summed E-state index contributed by atoms with van der Waals surface area (Å²) in [4.78, 5) is 12.7. The largest absolute Gasteiger partial charge is 0.318 e. The number of hydrogen-bond acceptors (Lipinski definition) is 4. The van der Waals surface area contributed by atoms with Gasteiger partial charge in [0.05, 0.1) is 24.7 Å². The van der Waals surface area contributed by atoms with E-state index in [0.717, 1.165) is 28.2 Å². The number of carbonyl (C=O) groups excluding carboxylic acids is 1. The van der Waals surface area contributed by atoms with E-state index >= 15 is 0 Å².